The summed E-state index contributed by atoms with van der Waals surface area (Å²) in [7, 11) is 3.22. The smallest absolute Gasteiger partial charge is 0.161 e. The van der Waals surface area contributed by atoms with Gasteiger partial charge in [0.15, 0.2) is 11.5 Å². The van der Waals surface area contributed by atoms with Crippen LogP contribution < -0.4 is 20.1 Å². The number of aliphatic hydroxyl groups is 1. The lowest BCUT2D eigenvalue weighted by Crippen LogP contribution is -2.33. The summed E-state index contributed by atoms with van der Waals surface area (Å²) in [6.07, 6.45) is 0.337. The van der Waals surface area contributed by atoms with E-state index in [1.807, 2.05) is 26.0 Å². The van der Waals surface area contributed by atoms with Gasteiger partial charge in [0, 0.05) is 30.4 Å². The first-order valence-electron chi connectivity index (χ1n) is 8.67. The molecule has 1 aliphatic heterocycles. The second-order valence-corrected chi connectivity index (χ2v) is 7.42. The number of fused-ring (bicyclic) bond motifs is 1. The number of hydrogen-bond donors (Lipinski definition) is 3. The topological polar surface area (TPSA) is 118 Å². The van der Waals surface area contributed by atoms with Crippen molar-refractivity contribution < 1.29 is 20.1 Å². The molecule has 0 bridgehead atoms. The number of thioether (sulfide) groups is 1. The largest absolute Gasteiger partial charge is 0.493 e. The molecule has 28 heavy (non-hydrogen) atoms. The Morgan fingerprint density at radius 3 is 2.54 bits per heavy atom. The highest BCUT2D eigenvalue weighted by molar-refractivity contribution is 8.03. The highest BCUT2D eigenvalue weighted by atomic mass is 35.5. The van der Waals surface area contributed by atoms with Crippen molar-refractivity contribution in [1.29, 1.82) is 5.26 Å². The molecular weight excluding hydrogens is 402 g/mol. The van der Waals surface area contributed by atoms with E-state index in [-0.39, 0.29) is 17.9 Å². The van der Waals surface area contributed by atoms with Gasteiger partial charge in [-0.05, 0) is 24.1 Å². The lowest BCUT2D eigenvalue weighted by Gasteiger charge is -2.24. The number of aliphatic hydroxyl groups excluding tert-OH is 1. The molecule has 2 rings (SSSR count). The fraction of sp³-hybridized carbons (Fsp3) is 0.526. The summed E-state index contributed by atoms with van der Waals surface area (Å²) in [5.74, 6) is 1.78. The van der Waals surface area contributed by atoms with Crippen LogP contribution in [0, 0.1) is 11.3 Å². The number of halogens is 1. The molecule has 0 saturated carbocycles. The Morgan fingerprint density at radius 1 is 1.32 bits per heavy atom. The number of nitrogens with one attached hydrogen (secondary N) is 2. The average molecular weight is 432 g/mol. The molecule has 5 N–H and O–H groups in total. The van der Waals surface area contributed by atoms with Gasteiger partial charge in [0.25, 0.3) is 0 Å². The zero-order chi connectivity index (χ0) is 19.1. The Morgan fingerprint density at radius 2 is 1.96 bits per heavy atom. The molecule has 0 aromatic heterocycles. The lowest BCUT2D eigenvalue weighted by atomic mass is 9.97. The molecule has 0 radical (unpaired) electrons. The quantitative estimate of drug-likeness (QED) is 0.536. The van der Waals surface area contributed by atoms with E-state index in [0.29, 0.717) is 34.7 Å². The summed E-state index contributed by atoms with van der Waals surface area (Å²) in [6, 6.07) is 6.47. The molecule has 1 unspecified atom stereocenters. The van der Waals surface area contributed by atoms with Crippen LogP contribution in [0.2, 0.25) is 0 Å². The van der Waals surface area contributed by atoms with Crippen molar-refractivity contribution in [3.63, 3.8) is 0 Å². The summed E-state index contributed by atoms with van der Waals surface area (Å²) in [6.45, 7) is 5.33. The van der Waals surface area contributed by atoms with Crippen LogP contribution in [0.1, 0.15) is 25.0 Å². The third-order valence-electron chi connectivity index (χ3n) is 4.09. The molecule has 0 spiro atoms. The van der Waals surface area contributed by atoms with Gasteiger partial charge in [-0.25, -0.2) is 0 Å². The summed E-state index contributed by atoms with van der Waals surface area (Å²) in [5.41, 5.74) is 2.86. The van der Waals surface area contributed by atoms with E-state index in [9.17, 15) is 10.4 Å². The molecule has 0 saturated heterocycles. The Labute approximate surface area is 177 Å². The minimum atomic E-state index is -0.514. The van der Waals surface area contributed by atoms with Gasteiger partial charge in [0.2, 0.25) is 0 Å². The lowest BCUT2D eigenvalue weighted by molar-refractivity contribution is 0.192. The minimum Gasteiger partial charge on any atom is -0.493 e. The summed E-state index contributed by atoms with van der Waals surface area (Å²) in [4.78, 5) is 0.571. The van der Waals surface area contributed by atoms with Crippen molar-refractivity contribution in [2.24, 2.45) is 0 Å². The Bertz CT molecular complexity index is 707. The Balaban J connectivity index is 0.00000364. The zero-order valence-electron chi connectivity index (χ0n) is 16.7. The Hall–Kier alpha value is -1.63. The van der Waals surface area contributed by atoms with Crippen LogP contribution in [0.5, 0.6) is 11.5 Å². The van der Waals surface area contributed by atoms with Crippen LogP contribution in [-0.4, -0.2) is 55.8 Å². The number of allylic oxidation sites excluding steroid dienone is 1. The molecule has 158 valence electrons. The van der Waals surface area contributed by atoms with Crippen molar-refractivity contribution in [2.75, 3.05) is 33.1 Å². The van der Waals surface area contributed by atoms with Crippen LogP contribution in [0.15, 0.2) is 17.0 Å². The third-order valence-corrected chi connectivity index (χ3v) is 5.22. The summed E-state index contributed by atoms with van der Waals surface area (Å²) < 4.78 is 10.8. The molecular formula is C19H30ClN3O4S. The molecule has 1 atom stereocenters. The fourth-order valence-corrected chi connectivity index (χ4v) is 3.62. The minimum absolute atomic E-state index is 0. The predicted octanol–water partition coefficient (Wildman–Crippen LogP) is 1.73. The summed E-state index contributed by atoms with van der Waals surface area (Å²) >= 11 is 1.37. The maximum Gasteiger partial charge on any atom is 0.161 e. The molecule has 1 heterocycles. The molecule has 1 aromatic carbocycles. The number of nitriles is 1. The first-order valence-corrected chi connectivity index (χ1v) is 9.66. The molecule has 7 nitrogen and oxygen atoms in total. The van der Waals surface area contributed by atoms with Crippen molar-refractivity contribution >= 4 is 29.9 Å². The maximum atomic E-state index is 10.1. The van der Waals surface area contributed by atoms with Crippen LogP contribution in [0.4, 0.5) is 0 Å². The number of ether oxygens (including phenoxy) is 2. The maximum absolute atomic E-state index is 10.1. The van der Waals surface area contributed by atoms with Gasteiger partial charge in [-0.15, -0.1) is 24.2 Å². The van der Waals surface area contributed by atoms with E-state index >= 15 is 0 Å². The second-order valence-electron chi connectivity index (χ2n) is 6.38. The monoisotopic (exact) mass is 431 g/mol. The van der Waals surface area contributed by atoms with E-state index in [0.717, 1.165) is 29.8 Å². The Kier molecular flexibility index (Phi) is 12.0. The first-order chi connectivity index (χ1) is 12.5. The van der Waals surface area contributed by atoms with E-state index in [2.05, 4.69) is 16.7 Å². The van der Waals surface area contributed by atoms with Gasteiger partial charge in [0.05, 0.1) is 26.0 Å². The SMILES string of the molecule is COc1cc2c(cc1OC)C(=C(C#N)SCC(O)CNC(C)C)NCC2.Cl.O. The van der Waals surface area contributed by atoms with Crippen LogP contribution in [-0.2, 0) is 6.42 Å². The third kappa shape index (κ3) is 6.76. The van der Waals surface area contributed by atoms with Gasteiger partial charge < -0.3 is 30.7 Å². The number of benzene rings is 1. The van der Waals surface area contributed by atoms with Crippen LogP contribution in [0.25, 0.3) is 5.70 Å². The number of methoxy groups -OCH3 is 2. The van der Waals surface area contributed by atoms with Gasteiger partial charge in [0.1, 0.15) is 11.0 Å². The van der Waals surface area contributed by atoms with Gasteiger partial charge in [-0.1, -0.05) is 13.8 Å². The fourth-order valence-electron chi connectivity index (χ4n) is 2.75. The van der Waals surface area contributed by atoms with Gasteiger partial charge in [-0.3, -0.25) is 0 Å². The van der Waals surface area contributed by atoms with Crippen molar-refractivity contribution in [3.05, 3.63) is 28.2 Å². The molecule has 0 amide bonds. The van der Waals surface area contributed by atoms with E-state index in [1.165, 1.54) is 11.8 Å². The van der Waals surface area contributed by atoms with E-state index in [4.69, 9.17) is 9.47 Å². The van der Waals surface area contributed by atoms with Crippen LogP contribution >= 0.6 is 24.2 Å². The first kappa shape index (κ1) is 26.4. The molecule has 1 aromatic rings. The number of hydrogen-bond acceptors (Lipinski definition) is 7. The summed E-state index contributed by atoms with van der Waals surface area (Å²) in [5, 5.41) is 26.3. The number of rotatable bonds is 8. The van der Waals surface area contributed by atoms with E-state index in [1.54, 1.807) is 14.2 Å². The standard InChI is InChI=1S/C19H27N3O3S.ClH.H2O/c1-12(2)22-10-14(23)11-26-18(9-20)19-15-8-17(25-4)16(24-3)7-13(15)5-6-21-19;;/h7-8,12,14,21-23H,5-6,10-11H2,1-4H3;1H;1H2. The normalized spacial score (nSPS) is 15.2. The highest BCUT2D eigenvalue weighted by Gasteiger charge is 2.21. The number of nitrogens with zero attached hydrogens (tertiary/aromatic N) is 1. The van der Waals surface area contributed by atoms with Crippen molar-refractivity contribution in [2.45, 2.75) is 32.4 Å². The van der Waals surface area contributed by atoms with Gasteiger partial charge in [-0.2, -0.15) is 5.26 Å². The van der Waals surface area contributed by atoms with E-state index < -0.39 is 6.10 Å². The van der Waals surface area contributed by atoms with Crippen LogP contribution in [0.3, 0.4) is 0 Å². The van der Waals surface area contributed by atoms with Gasteiger partial charge >= 0.3 is 0 Å². The molecule has 9 heteroatoms. The molecule has 1 aliphatic rings. The molecule has 0 aliphatic carbocycles. The van der Waals surface area contributed by atoms with Crippen molar-refractivity contribution in [3.8, 4) is 17.6 Å². The average Bonchev–Trinajstić information content (AvgIpc) is 2.65. The highest BCUT2D eigenvalue weighted by Crippen LogP contribution is 2.37. The van der Waals surface area contributed by atoms with Crippen molar-refractivity contribution in [1.82, 2.24) is 10.6 Å². The second kappa shape index (κ2) is 12.8. The molecule has 0 fully saturated rings. The predicted molar refractivity (Wildman–Crippen MR) is 116 cm³/mol. The zero-order valence-corrected chi connectivity index (χ0v) is 18.3.